The van der Waals surface area contributed by atoms with E-state index in [0.29, 0.717) is 11.5 Å². The number of ether oxygens (including phenoxy) is 1. The minimum absolute atomic E-state index is 0.388. The molecule has 2 aromatic rings. The molecule has 0 aliphatic carbocycles. The smallest absolute Gasteiger partial charge is 0.123 e. The highest BCUT2D eigenvalue weighted by atomic mass is 32.1. The molecular formula is C12H13N3OS. The number of nitrogens with zero attached hydrogens (tertiary/aromatic N) is 2. The first kappa shape index (κ1) is 11.6. The molecule has 0 saturated heterocycles. The highest BCUT2D eigenvalue weighted by Gasteiger charge is 2.06. The molecule has 0 fully saturated rings. The summed E-state index contributed by atoms with van der Waals surface area (Å²) in [6.07, 6.45) is 5.39. The lowest BCUT2D eigenvalue weighted by Crippen LogP contribution is -2.10. The van der Waals surface area contributed by atoms with Gasteiger partial charge in [-0.1, -0.05) is 12.2 Å². The molecule has 0 amide bonds. The maximum atomic E-state index is 5.62. The molecule has 17 heavy (non-hydrogen) atoms. The van der Waals surface area contributed by atoms with Gasteiger partial charge in [0, 0.05) is 23.5 Å². The van der Waals surface area contributed by atoms with Crippen LogP contribution in [0, 0.1) is 0 Å². The van der Waals surface area contributed by atoms with E-state index in [1.807, 2.05) is 29.0 Å². The van der Waals surface area contributed by atoms with Gasteiger partial charge in [-0.15, -0.1) is 0 Å². The summed E-state index contributed by atoms with van der Waals surface area (Å²) in [5.41, 5.74) is 7.49. The summed E-state index contributed by atoms with van der Waals surface area (Å²) in [7, 11) is 1.65. The lowest BCUT2D eigenvalue weighted by Gasteiger charge is -2.10. The van der Waals surface area contributed by atoms with Crippen LogP contribution in [0.3, 0.4) is 0 Å². The van der Waals surface area contributed by atoms with E-state index in [9.17, 15) is 0 Å². The molecule has 0 aliphatic rings. The molecule has 0 saturated carbocycles. The summed E-state index contributed by atoms with van der Waals surface area (Å²) in [5, 5.41) is 0. The molecular weight excluding hydrogens is 234 g/mol. The molecule has 0 atom stereocenters. The minimum atomic E-state index is 0.388. The topological polar surface area (TPSA) is 53.1 Å². The molecule has 0 aliphatic heterocycles. The van der Waals surface area contributed by atoms with Crippen LogP contribution < -0.4 is 10.5 Å². The number of methoxy groups -OCH3 is 1. The van der Waals surface area contributed by atoms with Crippen molar-refractivity contribution in [2.24, 2.45) is 5.73 Å². The fourth-order valence-electron chi connectivity index (χ4n) is 1.63. The van der Waals surface area contributed by atoms with Crippen LogP contribution in [-0.2, 0) is 6.54 Å². The van der Waals surface area contributed by atoms with E-state index in [0.717, 1.165) is 16.9 Å². The average molecular weight is 247 g/mol. The third-order valence-electron chi connectivity index (χ3n) is 2.48. The van der Waals surface area contributed by atoms with Crippen LogP contribution in [0.25, 0.3) is 0 Å². The summed E-state index contributed by atoms with van der Waals surface area (Å²) < 4.78 is 7.27. The predicted molar refractivity (Wildman–Crippen MR) is 70.2 cm³/mol. The summed E-state index contributed by atoms with van der Waals surface area (Å²) >= 11 is 4.97. The van der Waals surface area contributed by atoms with E-state index < -0.39 is 0 Å². The number of hydrogen-bond acceptors (Lipinski definition) is 3. The van der Waals surface area contributed by atoms with Crippen LogP contribution >= 0.6 is 12.2 Å². The van der Waals surface area contributed by atoms with E-state index in [1.54, 1.807) is 19.6 Å². The molecule has 4 nitrogen and oxygen atoms in total. The number of nitrogens with two attached hydrogens (primary N) is 1. The van der Waals surface area contributed by atoms with E-state index in [2.05, 4.69) is 4.98 Å². The Morgan fingerprint density at radius 1 is 1.53 bits per heavy atom. The Kier molecular flexibility index (Phi) is 3.39. The Bertz CT molecular complexity index is 523. The largest absolute Gasteiger partial charge is 0.496 e. The first-order valence-corrected chi connectivity index (χ1v) is 5.54. The van der Waals surface area contributed by atoms with E-state index in [1.165, 1.54) is 0 Å². The average Bonchev–Trinajstić information content (AvgIpc) is 2.81. The second kappa shape index (κ2) is 4.97. The van der Waals surface area contributed by atoms with Gasteiger partial charge in [0.2, 0.25) is 0 Å². The third-order valence-corrected chi connectivity index (χ3v) is 2.71. The van der Waals surface area contributed by atoms with Gasteiger partial charge in [-0.25, -0.2) is 4.98 Å². The zero-order valence-corrected chi connectivity index (χ0v) is 10.3. The molecule has 88 valence electrons. The zero-order valence-electron chi connectivity index (χ0n) is 9.46. The SMILES string of the molecule is COc1ccc(C(N)=S)cc1Cn1ccnc1. The van der Waals surface area contributed by atoms with Crippen molar-refractivity contribution in [1.82, 2.24) is 9.55 Å². The van der Waals surface area contributed by atoms with Crippen LogP contribution in [0.4, 0.5) is 0 Å². The van der Waals surface area contributed by atoms with Crippen molar-refractivity contribution < 1.29 is 4.74 Å². The van der Waals surface area contributed by atoms with Gasteiger partial charge in [0.25, 0.3) is 0 Å². The van der Waals surface area contributed by atoms with E-state index in [-0.39, 0.29) is 0 Å². The Morgan fingerprint density at radius 3 is 2.94 bits per heavy atom. The maximum absolute atomic E-state index is 5.62. The highest BCUT2D eigenvalue weighted by molar-refractivity contribution is 7.80. The Labute approximate surface area is 105 Å². The van der Waals surface area contributed by atoms with Crippen molar-refractivity contribution in [3.63, 3.8) is 0 Å². The molecule has 0 radical (unpaired) electrons. The van der Waals surface area contributed by atoms with Gasteiger partial charge in [-0.3, -0.25) is 0 Å². The van der Waals surface area contributed by atoms with Gasteiger partial charge in [0.1, 0.15) is 10.7 Å². The van der Waals surface area contributed by atoms with Crippen molar-refractivity contribution in [3.8, 4) is 5.75 Å². The predicted octanol–water partition coefficient (Wildman–Crippen LogP) is 1.57. The summed E-state index contributed by atoms with van der Waals surface area (Å²) in [5.74, 6) is 0.818. The van der Waals surface area contributed by atoms with Crippen molar-refractivity contribution in [3.05, 3.63) is 48.0 Å². The number of benzene rings is 1. The normalized spacial score (nSPS) is 10.2. The Hall–Kier alpha value is -1.88. The van der Waals surface area contributed by atoms with Crippen LogP contribution in [0.5, 0.6) is 5.75 Å². The minimum Gasteiger partial charge on any atom is -0.496 e. The van der Waals surface area contributed by atoms with Crippen molar-refractivity contribution >= 4 is 17.2 Å². The Balaban J connectivity index is 2.35. The second-order valence-electron chi connectivity index (χ2n) is 3.63. The van der Waals surface area contributed by atoms with Crippen LogP contribution in [0.2, 0.25) is 0 Å². The molecule has 1 aromatic heterocycles. The fourth-order valence-corrected chi connectivity index (χ4v) is 1.76. The molecule has 1 aromatic carbocycles. The molecule has 0 spiro atoms. The van der Waals surface area contributed by atoms with Gasteiger partial charge >= 0.3 is 0 Å². The monoisotopic (exact) mass is 247 g/mol. The van der Waals surface area contributed by atoms with Crippen molar-refractivity contribution in [2.45, 2.75) is 6.54 Å². The second-order valence-corrected chi connectivity index (χ2v) is 4.07. The Morgan fingerprint density at radius 2 is 2.35 bits per heavy atom. The quantitative estimate of drug-likeness (QED) is 0.833. The number of rotatable bonds is 4. The summed E-state index contributed by atoms with van der Waals surface area (Å²) in [4.78, 5) is 4.39. The molecule has 0 bridgehead atoms. The van der Waals surface area contributed by atoms with Crippen molar-refractivity contribution in [2.75, 3.05) is 7.11 Å². The van der Waals surface area contributed by atoms with Gasteiger partial charge < -0.3 is 15.0 Å². The number of hydrogen-bond donors (Lipinski definition) is 1. The van der Waals surface area contributed by atoms with E-state index >= 15 is 0 Å². The fraction of sp³-hybridized carbons (Fsp3) is 0.167. The first-order chi connectivity index (χ1) is 8.20. The van der Waals surface area contributed by atoms with Gasteiger partial charge in [0.05, 0.1) is 20.0 Å². The van der Waals surface area contributed by atoms with Crippen LogP contribution in [0.15, 0.2) is 36.9 Å². The number of imidazole rings is 1. The standard InChI is InChI=1S/C12H13N3OS/c1-16-11-3-2-9(12(13)17)6-10(11)7-15-5-4-14-8-15/h2-6,8H,7H2,1H3,(H2,13,17). The van der Waals surface area contributed by atoms with Crippen LogP contribution in [0.1, 0.15) is 11.1 Å². The lowest BCUT2D eigenvalue weighted by atomic mass is 10.1. The number of aromatic nitrogens is 2. The summed E-state index contributed by atoms with van der Waals surface area (Å²) in [6, 6.07) is 5.68. The molecule has 2 N–H and O–H groups in total. The van der Waals surface area contributed by atoms with Gasteiger partial charge in [-0.2, -0.15) is 0 Å². The first-order valence-electron chi connectivity index (χ1n) is 5.13. The van der Waals surface area contributed by atoms with E-state index in [4.69, 9.17) is 22.7 Å². The maximum Gasteiger partial charge on any atom is 0.123 e. The zero-order chi connectivity index (χ0) is 12.3. The molecule has 2 rings (SSSR count). The number of thiocarbonyl (C=S) groups is 1. The highest BCUT2D eigenvalue weighted by Crippen LogP contribution is 2.21. The van der Waals surface area contributed by atoms with Gasteiger partial charge in [-0.05, 0) is 18.2 Å². The third kappa shape index (κ3) is 2.62. The molecule has 5 heteroatoms. The lowest BCUT2D eigenvalue weighted by molar-refractivity contribution is 0.408. The molecule has 0 unspecified atom stereocenters. The summed E-state index contributed by atoms with van der Waals surface area (Å²) in [6.45, 7) is 0.680. The van der Waals surface area contributed by atoms with Gasteiger partial charge in [0.15, 0.2) is 0 Å². The van der Waals surface area contributed by atoms with Crippen molar-refractivity contribution in [1.29, 1.82) is 0 Å². The van der Waals surface area contributed by atoms with Crippen LogP contribution in [-0.4, -0.2) is 21.6 Å². The molecule has 1 heterocycles.